The van der Waals surface area contributed by atoms with Gasteiger partial charge in [0, 0.05) is 6.92 Å². The molecule has 0 aliphatic rings. The Kier molecular flexibility index (Phi) is 5.18. The predicted molar refractivity (Wildman–Crippen MR) is 40.7 cm³/mol. The van der Waals surface area contributed by atoms with Crippen LogP contribution in [0.3, 0.4) is 0 Å². The summed E-state index contributed by atoms with van der Waals surface area (Å²) < 4.78 is 4.87. The van der Waals surface area contributed by atoms with Crippen LogP contribution in [-0.4, -0.2) is 12.1 Å². The number of hydrogen-bond acceptors (Lipinski definition) is 3. The summed E-state index contributed by atoms with van der Waals surface area (Å²) in [5.74, 6) is -0.307. The van der Waals surface area contributed by atoms with E-state index in [1.165, 1.54) is 6.92 Å². The zero-order chi connectivity index (χ0) is 8.69. The number of nitrogens with zero attached hydrogens (tertiary/aromatic N) is 1. The van der Waals surface area contributed by atoms with Crippen molar-refractivity contribution in [1.29, 1.82) is 5.26 Å². The van der Waals surface area contributed by atoms with Gasteiger partial charge in [0.05, 0.1) is 12.5 Å². The molecular weight excluding hydrogens is 142 g/mol. The molecule has 0 aromatic rings. The van der Waals surface area contributed by atoms with E-state index in [0.717, 1.165) is 12.8 Å². The monoisotopic (exact) mass is 155 g/mol. The summed E-state index contributed by atoms with van der Waals surface area (Å²) in [5.41, 5.74) is 0. The number of rotatable bonds is 4. The Morgan fingerprint density at radius 3 is 2.73 bits per heavy atom. The molecule has 0 aromatic carbocycles. The Bertz CT molecular complexity index is 160. The van der Waals surface area contributed by atoms with Gasteiger partial charge in [-0.3, -0.25) is 4.79 Å². The number of carbonyl (C=O) groups is 1. The van der Waals surface area contributed by atoms with E-state index in [1.807, 2.05) is 13.0 Å². The maximum atomic E-state index is 10.5. The van der Waals surface area contributed by atoms with Crippen LogP contribution in [0.15, 0.2) is 0 Å². The number of hydrogen-bond donors (Lipinski definition) is 0. The highest BCUT2D eigenvalue weighted by atomic mass is 16.5. The number of carbonyl (C=O) groups excluding carboxylic acids is 1. The molecule has 0 spiro atoms. The van der Waals surface area contributed by atoms with Gasteiger partial charge in [-0.05, 0) is 6.42 Å². The molecule has 3 heteroatoms. The first-order valence-corrected chi connectivity index (χ1v) is 3.74. The molecule has 0 N–H and O–H groups in total. The van der Waals surface area contributed by atoms with Gasteiger partial charge < -0.3 is 4.74 Å². The Balaban J connectivity index is 3.70. The van der Waals surface area contributed by atoms with Gasteiger partial charge >= 0.3 is 5.97 Å². The van der Waals surface area contributed by atoms with E-state index in [1.54, 1.807) is 0 Å². The predicted octanol–water partition coefficient (Wildman–Crippen LogP) is 1.63. The lowest BCUT2D eigenvalue weighted by atomic mass is 10.1. The van der Waals surface area contributed by atoms with E-state index in [-0.39, 0.29) is 12.1 Å². The molecule has 0 unspecified atom stereocenters. The summed E-state index contributed by atoms with van der Waals surface area (Å²) in [6.45, 7) is 3.36. The first kappa shape index (κ1) is 9.96. The van der Waals surface area contributed by atoms with E-state index in [4.69, 9.17) is 10.00 Å². The molecule has 0 saturated heterocycles. The molecule has 0 aliphatic heterocycles. The highest BCUT2D eigenvalue weighted by Gasteiger charge is 2.09. The fourth-order valence-electron chi connectivity index (χ4n) is 0.861. The summed E-state index contributed by atoms with van der Waals surface area (Å²) in [4.78, 5) is 10.5. The highest BCUT2D eigenvalue weighted by Crippen LogP contribution is 2.05. The van der Waals surface area contributed by atoms with Crippen molar-refractivity contribution < 1.29 is 9.53 Å². The van der Waals surface area contributed by atoms with E-state index < -0.39 is 0 Å². The lowest BCUT2D eigenvalue weighted by molar-refractivity contribution is -0.146. The van der Waals surface area contributed by atoms with Crippen LogP contribution in [0.5, 0.6) is 0 Å². The first-order valence-electron chi connectivity index (χ1n) is 3.74. The molecule has 62 valence electrons. The van der Waals surface area contributed by atoms with Crippen molar-refractivity contribution in [2.45, 2.75) is 39.2 Å². The summed E-state index contributed by atoms with van der Waals surface area (Å²) in [7, 11) is 0. The second-order valence-corrected chi connectivity index (χ2v) is 2.38. The van der Waals surface area contributed by atoms with Crippen molar-refractivity contribution in [3.8, 4) is 6.07 Å². The molecule has 0 saturated carbocycles. The van der Waals surface area contributed by atoms with Crippen molar-refractivity contribution >= 4 is 5.97 Å². The van der Waals surface area contributed by atoms with Gasteiger partial charge in [-0.15, -0.1) is 0 Å². The lowest BCUT2D eigenvalue weighted by Crippen LogP contribution is -2.15. The van der Waals surface area contributed by atoms with Crippen LogP contribution in [0, 0.1) is 11.3 Å². The van der Waals surface area contributed by atoms with Crippen LogP contribution in [0.2, 0.25) is 0 Å². The maximum Gasteiger partial charge on any atom is 0.302 e. The van der Waals surface area contributed by atoms with Gasteiger partial charge in [0.25, 0.3) is 0 Å². The molecule has 0 rings (SSSR count). The van der Waals surface area contributed by atoms with Crippen molar-refractivity contribution in [2.24, 2.45) is 0 Å². The normalized spacial score (nSPS) is 11.7. The van der Waals surface area contributed by atoms with Gasteiger partial charge in [0.2, 0.25) is 0 Å². The molecular formula is C8H13NO2. The molecule has 0 aliphatic carbocycles. The zero-order valence-corrected chi connectivity index (χ0v) is 6.96. The molecule has 0 heterocycles. The molecule has 0 aromatic heterocycles. The van der Waals surface area contributed by atoms with E-state index >= 15 is 0 Å². The average molecular weight is 155 g/mol. The number of ether oxygens (including phenoxy) is 1. The minimum Gasteiger partial charge on any atom is -0.461 e. The summed E-state index contributed by atoms with van der Waals surface area (Å²) in [6.07, 6.45) is 1.79. The second-order valence-electron chi connectivity index (χ2n) is 2.38. The van der Waals surface area contributed by atoms with Crippen molar-refractivity contribution in [1.82, 2.24) is 0 Å². The average Bonchev–Trinajstić information content (AvgIpc) is 1.87. The third kappa shape index (κ3) is 5.41. The SMILES string of the molecule is CCC[C@@H](CC#N)OC(C)=O. The maximum absolute atomic E-state index is 10.5. The van der Waals surface area contributed by atoms with Gasteiger partial charge in [-0.2, -0.15) is 5.26 Å². The zero-order valence-electron chi connectivity index (χ0n) is 6.96. The number of esters is 1. The molecule has 1 atom stereocenters. The Labute approximate surface area is 67.0 Å². The summed E-state index contributed by atoms with van der Waals surface area (Å²) in [6, 6.07) is 1.98. The Morgan fingerprint density at radius 1 is 1.73 bits per heavy atom. The Morgan fingerprint density at radius 2 is 2.36 bits per heavy atom. The second kappa shape index (κ2) is 5.72. The van der Waals surface area contributed by atoms with Gasteiger partial charge in [-0.1, -0.05) is 13.3 Å². The largest absolute Gasteiger partial charge is 0.461 e. The van der Waals surface area contributed by atoms with Crippen LogP contribution >= 0.6 is 0 Å². The van der Waals surface area contributed by atoms with E-state index in [9.17, 15) is 4.79 Å². The van der Waals surface area contributed by atoms with Crippen LogP contribution in [0.4, 0.5) is 0 Å². The highest BCUT2D eigenvalue weighted by molar-refractivity contribution is 5.66. The third-order valence-electron chi connectivity index (χ3n) is 1.26. The quantitative estimate of drug-likeness (QED) is 0.580. The van der Waals surface area contributed by atoms with Gasteiger partial charge in [-0.25, -0.2) is 0 Å². The smallest absolute Gasteiger partial charge is 0.302 e. The first-order chi connectivity index (χ1) is 5.20. The molecule has 0 fully saturated rings. The topological polar surface area (TPSA) is 50.1 Å². The fourth-order valence-corrected chi connectivity index (χ4v) is 0.861. The summed E-state index contributed by atoms with van der Waals surface area (Å²) in [5, 5.41) is 8.33. The van der Waals surface area contributed by atoms with Gasteiger partial charge in [0.15, 0.2) is 0 Å². The minimum absolute atomic E-state index is 0.206. The molecule has 0 radical (unpaired) electrons. The number of nitriles is 1. The molecule has 11 heavy (non-hydrogen) atoms. The minimum atomic E-state index is -0.307. The van der Waals surface area contributed by atoms with E-state index in [2.05, 4.69) is 0 Å². The van der Waals surface area contributed by atoms with Gasteiger partial charge in [0.1, 0.15) is 6.10 Å². The van der Waals surface area contributed by atoms with Crippen molar-refractivity contribution in [3.63, 3.8) is 0 Å². The fraction of sp³-hybridized carbons (Fsp3) is 0.750. The van der Waals surface area contributed by atoms with Crippen LogP contribution in [-0.2, 0) is 9.53 Å². The van der Waals surface area contributed by atoms with Crippen molar-refractivity contribution in [2.75, 3.05) is 0 Å². The van der Waals surface area contributed by atoms with Crippen LogP contribution in [0.25, 0.3) is 0 Å². The van der Waals surface area contributed by atoms with Crippen molar-refractivity contribution in [3.05, 3.63) is 0 Å². The standard InChI is InChI=1S/C8H13NO2/c1-3-4-8(5-6-9)11-7(2)10/h8H,3-5H2,1-2H3/t8-/m0/s1. The third-order valence-corrected chi connectivity index (χ3v) is 1.26. The summed E-state index contributed by atoms with van der Waals surface area (Å²) >= 11 is 0. The lowest BCUT2D eigenvalue weighted by Gasteiger charge is -2.11. The molecule has 3 nitrogen and oxygen atoms in total. The Hall–Kier alpha value is -1.04. The molecule has 0 bridgehead atoms. The van der Waals surface area contributed by atoms with Crippen LogP contribution in [0.1, 0.15) is 33.1 Å². The van der Waals surface area contributed by atoms with E-state index in [0.29, 0.717) is 6.42 Å². The molecule has 0 amide bonds. The van der Waals surface area contributed by atoms with Crippen LogP contribution < -0.4 is 0 Å².